The molecule has 5 rings (SSSR count). The van der Waals surface area contributed by atoms with Crippen molar-refractivity contribution in [3.63, 3.8) is 0 Å². The second-order valence-corrected chi connectivity index (χ2v) is 7.58. The van der Waals surface area contributed by atoms with E-state index in [1.165, 1.54) is 0 Å². The zero-order valence-electron chi connectivity index (χ0n) is 14.8. The Morgan fingerprint density at radius 3 is 2.29 bits per heavy atom. The average Bonchev–Trinajstić information content (AvgIpc) is 3.09. The van der Waals surface area contributed by atoms with E-state index in [-0.39, 0.29) is 6.04 Å². The number of nitrogens with zero attached hydrogens (tertiary/aromatic N) is 3. The summed E-state index contributed by atoms with van der Waals surface area (Å²) in [5.41, 5.74) is 4.02. The van der Waals surface area contributed by atoms with Crippen LogP contribution in [-0.4, -0.2) is 15.5 Å². The predicted molar refractivity (Wildman–Crippen MR) is 116 cm³/mol. The van der Waals surface area contributed by atoms with Gasteiger partial charge in [-0.2, -0.15) is 0 Å². The van der Waals surface area contributed by atoms with Crippen LogP contribution in [-0.2, 0) is 6.42 Å². The molecule has 2 heterocycles. The lowest BCUT2D eigenvalue weighted by Crippen LogP contribution is -2.29. The first kappa shape index (κ1) is 17.3. The molecule has 0 spiro atoms. The number of imidazole rings is 1. The molecule has 0 fully saturated rings. The van der Waals surface area contributed by atoms with E-state index in [0.717, 1.165) is 45.5 Å². The quantitative estimate of drug-likeness (QED) is 0.446. The van der Waals surface area contributed by atoms with Crippen molar-refractivity contribution < 1.29 is 0 Å². The van der Waals surface area contributed by atoms with Crippen molar-refractivity contribution in [2.45, 2.75) is 12.5 Å². The van der Waals surface area contributed by atoms with E-state index in [2.05, 4.69) is 16.0 Å². The van der Waals surface area contributed by atoms with Gasteiger partial charge in [0.05, 0.1) is 17.1 Å². The summed E-state index contributed by atoms with van der Waals surface area (Å²) in [5.74, 6) is 1.73. The van der Waals surface area contributed by atoms with Crippen molar-refractivity contribution in [3.8, 4) is 0 Å². The van der Waals surface area contributed by atoms with Gasteiger partial charge in [0, 0.05) is 22.2 Å². The van der Waals surface area contributed by atoms with Gasteiger partial charge in [-0.1, -0.05) is 47.5 Å². The number of aliphatic imine (C=N–C) groups is 1. The molecule has 28 heavy (non-hydrogen) atoms. The van der Waals surface area contributed by atoms with Gasteiger partial charge in [-0.25, -0.2) is 9.98 Å². The Kier molecular flexibility index (Phi) is 4.30. The standard InChI is InChI=1S/C22H16Cl2N4/c23-15-7-5-14(6-8-15)19-13-21-26-18-3-1-2-4-20(18)28(21)22(27-19)25-17-11-9-16(24)10-12-17/h1-12,19H,13H2,(H,25,27). The highest BCUT2D eigenvalue weighted by Gasteiger charge is 2.25. The maximum atomic E-state index is 6.06. The Balaban J connectivity index is 1.62. The van der Waals surface area contributed by atoms with Gasteiger partial charge >= 0.3 is 0 Å². The molecule has 1 aliphatic heterocycles. The summed E-state index contributed by atoms with van der Waals surface area (Å²) >= 11 is 12.1. The maximum absolute atomic E-state index is 6.06. The Hall–Kier alpha value is -2.82. The van der Waals surface area contributed by atoms with Crippen LogP contribution in [0, 0.1) is 0 Å². The highest BCUT2D eigenvalue weighted by Crippen LogP contribution is 2.30. The molecule has 138 valence electrons. The molecule has 0 saturated carbocycles. The summed E-state index contributed by atoms with van der Waals surface area (Å²) < 4.78 is 2.09. The number of benzene rings is 3. The lowest BCUT2D eigenvalue weighted by molar-refractivity contribution is 0.657. The van der Waals surface area contributed by atoms with Gasteiger partial charge in [-0.15, -0.1) is 0 Å². The number of para-hydroxylation sites is 2. The van der Waals surface area contributed by atoms with Crippen molar-refractivity contribution in [2.75, 3.05) is 5.32 Å². The van der Waals surface area contributed by atoms with Gasteiger partial charge in [-0.05, 0) is 54.1 Å². The van der Waals surface area contributed by atoms with E-state index >= 15 is 0 Å². The Bertz CT molecular complexity index is 1180. The van der Waals surface area contributed by atoms with Crippen molar-refractivity contribution in [3.05, 3.63) is 94.2 Å². The molecule has 3 aromatic carbocycles. The topological polar surface area (TPSA) is 42.2 Å². The van der Waals surface area contributed by atoms with Gasteiger partial charge in [0.2, 0.25) is 5.96 Å². The van der Waals surface area contributed by atoms with E-state index in [1.54, 1.807) is 0 Å². The summed E-state index contributed by atoms with van der Waals surface area (Å²) in [5, 5.41) is 4.86. The summed E-state index contributed by atoms with van der Waals surface area (Å²) in [7, 11) is 0. The molecule has 1 aliphatic rings. The third kappa shape index (κ3) is 3.15. The van der Waals surface area contributed by atoms with Crippen LogP contribution in [0.5, 0.6) is 0 Å². The fraction of sp³-hybridized carbons (Fsp3) is 0.0909. The molecule has 1 atom stereocenters. The Morgan fingerprint density at radius 2 is 1.54 bits per heavy atom. The first-order valence-corrected chi connectivity index (χ1v) is 9.75. The largest absolute Gasteiger partial charge is 0.326 e. The molecule has 4 aromatic rings. The fourth-order valence-electron chi connectivity index (χ4n) is 3.50. The minimum atomic E-state index is -0.0311. The number of fused-ring (bicyclic) bond motifs is 3. The van der Waals surface area contributed by atoms with E-state index in [4.69, 9.17) is 33.2 Å². The zero-order valence-corrected chi connectivity index (χ0v) is 16.3. The molecular weight excluding hydrogens is 391 g/mol. The summed E-state index contributed by atoms with van der Waals surface area (Å²) in [6.45, 7) is 0. The van der Waals surface area contributed by atoms with Gasteiger partial charge < -0.3 is 5.32 Å². The van der Waals surface area contributed by atoms with E-state index < -0.39 is 0 Å². The number of rotatable bonds is 2. The molecule has 1 aromatic heterocycles. The van der Waals surface area contributed by atoms with E-state index in [1.807, 2.05) is 66.7 Å². The van der Waals surface area contributed by atoms with Crippen LogP contribution >= 0.6 is 23.2 Å². The number of halogens is 2. The number of nitrogens with one attached hydrogen (secondary N) is 1. The normalized spacial score (nSPS) is 15.9. The maximum Gasteiger partial charge on any atom is 0.209 e. The number of hydrogen-bond acceptors (Lipinski definition) is 3. The monoisotopic (exact) mass is 406 g/mol. The van der Waals surface area contributed by atoms with Crippen LogP contribution in [0.25, 0.3) is 11.0 Å². The smallest absolute Gasteiger partial charge is 0.209 e. The van der Waals surface area contributed by atoms with Crippen molar-refractivity contribution in [1.82, 2.24) is 9.55 Å². The third-order valence-electron chi connectivity index (χ3n) is 4.85. The van der Waals surface area contributed by atoms with Crippen LogP contribution < -0.4 is 5.32 Å². The Morgan fingerprint density at radius 1 is 0.857 bits per heavy atom. The van der Waals surface area contributed by atoms with E-state index in [0.29, 0.717) is 5.02 Å². The van der Waals surface area contributed by atoms with Gasteiger partial charge in [-0.3, -0.25) is 4.57 Å². The molecular formula is C22H16Cl2N4. The molecule has 4 nitrogen and oxygen atoms in total. The fourth-order valence-corrected chi connectivity index (χ4v) is 3.75. The molecule has 1 unspecified atom stereocenters. The molecule has 0 saturated heterocycles. The number of anilines is 1. The van der Waals surface area contributed by atoms with Crippen LogP contribution in [0.2, 0.25) is 10.0 Å². The first-order valence-electron chi connectivity index (χ1n) is 9.00. The Labute approximate surface area is 172 Å². The van der Waals surface area contributed by atoms with Gasteiger partial charge in [0.15, 0.2) is 0 Å². The predicted octanol–water partition coefficient (Wildman–Crippen LogP) is 5.96. The molecule has 0 aliphatic carbocycles. The average molecular weight is 407 g/mol. The van der Waals surface area contributed by atoms with Crippen LogP contribution in [0.1, 0.15) is 17.4 Å². The van der Waals surface area contributed by atoms with Crippen LogP contribution in [0.3, 0.4) is 0 Å². The van der Waals surface area contributed by atoms with Crippen LogP contribution in [0.4, 0.5) is 5.69 Å². The minimum Gasteiger partial charge on any atom is -0.326 e. The second kappa shape index (κ2) is 6.97. The van der Waals surface area contributed by atoms with E-state index in [9.17, 15) is 0 Å². The van der Waals surface area contributed by atoms with Crippen molar-refractivity contribution in [1.29, 1.82) is 0 Å². The number of aromatic nitrogens is 2. The van der Waals surface area contributed by atoms with Crippen molar-refractivity contribution >= 4 is 45.9 Å². The highest BCUT2D eigenvalue weighted by atomic mass is 35.5. The second-order valence-electron chi connectivity index (χ2n) is 6.71. The highest BCUT2D eigenvalue weighted by molar-refractivity contribution is 6.30. The lowest BCUT2D eigenvalue weighted by Gasteiger charge is -2.24. The lowest BCUT2D eigenvalue weighted by atomic mass is 10.0. The molecule has 0 radical (unpaired) electrons. The zero-order chi connectivity index (χ0) is 19.1. The van der Waals surface area contributed by atoms with Crippen LogP contribution in [0.15, 0.2) is 77.8 Å². The third-order valence-corrected chi connectivity index (χ3v) is 5.36. The first-order chi connectivity index (χ1) is 13.7. The van der Waals surface area contributed by atoms with Gasteiger partial charge in [0.25, 0.3) is 0 Å². The summed E-state index contributed by atoms with van der Waals surface area (Å²) in [6, 6.07) is 23.5. The minimum absolute atomic E-state index is 0.0311. The van der Waals surface area contributed by atoms with Crippen molar-refractivity contribution in [2.24, 2.45) is 4.99 Å². The molecule has 0 bridgehead atoms. The summed E-state index contributed by atoms with van der Waals surface area (Å²) in [4.78, 5) is 9.86. The molecule has 0 amide bonds. The SMILES string of the molecule is Clc1ccc(NC2=NC(c3ccc(Cl)cc3)Cc3nc4ccccc4n32)cc1. The summed E-state index contributed by atoms with van der Waals surface area (Å²) in [6.07, 6.45) is 0.724. The molecule has 1 N–H and O–H groups in total. The molecule has 6 heteroatoms. The number of hydrogen-bond donors (Lipinski definition) is 1. The van der Waals surface area contributed by atoms with Gasteiger partial charge in [0.1, 0.15) is 5.82 Å².